The van der Waals surface area contributed by atoms with Crippen LogP contribution in [0.1, 0.15) is 25.7 Å². The highest BCUT2D eigenvalue weighted by atomic mass is 35.5. The molecule has 0 aromatic heterocycles. The lowest BCUT2D eigenvalue weighted by atomic mass is 9.77. The Morgan fingerprint density at radius 2 is 1.86 bits per heavy atom. The fourth-order valence-corrected chi connectivity index (χ4v) is 5.90. The topological polar surface area (TPSA) is 96.4 Å². The van der Waals surface area contributed by atoms with Gasteiger partial charge in [0, 0.05) is 30.4 Å². The molecule has 1 aromatic carbocycles. The Morgan fingerprint density at radius 1 is 1.06 bits per heavy atom. The zero-order chi connectivity index (χ0) is 24.6. The number of halogens is 1. The van der Waals surface area contributed by atoms with E-state index in [0.29, 0.717) is 49.5 Å². The van der Waals surface area contributed by atoms with Crippen molar-refractivity contribution in [1.29, 1.82) is 0 Å². The molecule has 0 bridgehead atoms. The van der Waals surface area contributed by atoms with Crippen LogP contribution in [0.15, 0.2) is 48.6 Å². The molecular formula is C26H29ClN2O6. The lowest BCUT2D eigenvalue weighted by Gasteiger charge is -2.35. The van der Waals surface area contributed by atoms with Gasteiger partial charge in [0.05, 0.1) is 18.6 Å². The van der Waals surface area contributed by atoms with E-state index in [1.54, 1.807) is 34.1 Å². The van der Waals surface area contributed by atoms with E-state index in [1.807, 2.05) is 24.3 Å². The van der Waals surface area contributed by atoms with Crippen molar-refractivity contribution in [2.24, 2.45) is 11.8 Å². The van der Waals surface area contributed by atoms with E-state index in [-0.39, 0.29) is 25.0 Å². The minimum absolute atomic E-state index is 0.0704. The molecule has 9 heteroatoms. The van der Waals surface area contributed by atoms with Crippen LogP contribution in [0, 0.1) is 11.8 Å². The maximum absolute atomic E-state index is 14.1. The van der Waals surface area contributed by atoms with Crippen LogP contribution in [-0.4, -0.2) is 71.8 Å². The molecule has 1 spiro atoms. The van der Waals surface area contributed by atoms with Crippen molar-refractivity contribution in [1.82, 2.24) is 4.90 Å². The Labute approximate surface area is 209 Å². The Balaban J connectivity index is 1.56. The number of hydrogen-bond donors (Lipinski definition) is 1. The number of cyclic esters (lactones) is 1. The Hall–Kier alpha value is -2.68. The first-order valence-electron chi connectivity index (χ1n) is 12.1. The highest BCUT2D eigenvalue weighted by Gasteiger charge is 2.71. The summed E-state index contributed by atoms with van der Waals surface area (Å²) < 4.78 is 12.0. The quantitative estimate of drug-likeness (QED) is 0.366. The number of ether oxygens (including phenoxy) is 2. The third-order valence-electron chi connectivity index (χ3n) is 7.32. The molecule has 1 N–H and O–H groups in total. The number of anilines is 1. The maximum atomic E-state index is 14.1. The van der Waals surface area contributed by atoms with Gasteiger partial charge in [-0.15, -0.1) is 0 Å². The van der Waals surface area contributed by atoms with E-state index < -0.39 is 35.6 Å². The molecule has 2 saturated heterocycles. The molecule has 5 rings (SSSR count). The van der Waals surface area contributed by atoms with Crippen LogP contribution in [-0.2, 0) is 23.9 Å². The van der Waals surface area contributed by atoms with Gasteiger partial charge in [-0.3, -0.25) is 14.4 Å². The van der Waals surface area contributed by atoms with Crippen LogP contribution >= 0.6 is 11.6 Å². The number of benzene rings is 1. The first-order chi connectivity index (χ1) is 17.0. The number of amides is 2. The van der Waals surface area contributed by atoms with E-state index in [0.717, 1.165) is 0 Å². The molecule has 2 amide bonds. The van der Waals surface area contributed by atoms with Crippen molar-refractivity contribution < 1.29 is 29.0 Å². The number of nitrogens with zero attached hydrogens (tertiary/aromatic N) is 2. The summed E-state index contributed by atoms with van der Waals surface area (Å²) in [4.78, 5) is 44.3. The molecule has 186 valence electrons. The average Bonchev–Trinajstić information content (AvgIpc) is 3.21. The number of aliphatic hydroxyl groups is 1. The summed E-state index contributed by atoms with van der Waals surface area (Å²) in [6.07, 6.45) is 9.27. The van der Waals surface area contributed by atoms with E-state index in [9.17, 15) is 14.4 Å². The smallest absolute Gasteiger partial charge is 0.312 e. The number of unbranched alkanes of at least 4 members (excludes halogenated alkanes) is 2. The molecule has 2 unspecified atom stereocenters. The second-order valence-electron chi connectivity index (χ2n) is 9.37. The van der Waals surface area contributed by atoms with Crippen molar-refractivity contribution in [3.63, 3.8) is 0 Å². The minimum Gasteiger partial charge on any atom is -0.465 e. The second-order valence-corrected chi connectivity index (χ2v) is 9.81. The van der Waals surface area contributed by atoms with Gasteiger partial charge in [-0.25, -0.2) is 0 Å². The largest absolute Gasteiger partial charge is 0.465 e. The van der Waals surface area contributed by atoms with E-state index in [4.69, 9.17) is 26.2 Å². The number of likely N-dealkylation sites (tertiary alicyclic amines) is 1. The number of esters is 1. The summed E-state index contributed by atoms with van der Waals surface area (Å²) in [6.45, 7) is 0.958. The fourth-order valence-electron chi connectivity index (χ4n) is 5.77. The standard InChI is InChI=1S/C26H29ClN2O6/c27-17-8-10-18(11-9-17)28-14-6-12-26-21(20-19(35-26)7-2-5-16-34-25(20)33)23(31)29(22(26)24(28)32)13-3-1-4-15-30/h2,6-12,19-22,30H,1,3-5,13-16H2/t19-,20?,21+,22-,26?/m1/s1. The second kappa shape index (κ2) is 9.76. The lowest BCUT2D eigenvalue weighted by molar-refractivity contribution is -0.154. The summed E-state index contributed by atoms with van der Waals surface area (Å²) in [5, 5.41) is 9.72. The summed E-state index contributed by atoms with van der Waals surface area (Å²) in [7, 11) is 0. The maximum Gasteiger partial charge on any atom is 0.312 e. The van der Waals surface area contributed by atoms with E-state index in [2.05, 4.69) is 0 Å². The van der Waals surface area contributed by atoms with Gasteiger partial charge in [0.1, 0.15) is 17.6 Å². The van der Waals surface area contributed by atoms with Crippen LogP contribution < -0.4 is 4.90 Å². The summed E-state index contributed by atoms with van der Waals surface area (Å²) in [6, 6.07) is 6.07. The molecule has 2 fully saturated rings. The molecule has 0 saturated carbocycles. The molecule has 0 radical (unpaired) electrons. The third-order valence-corrected chi connectivity index (χ3v) is 7.57. The van der Waals surface area contributed by atoms with Crippen LogP contribution in [0.4, 0.5) is 5.69 Å². The normalized spacial score (nSPS) is 32.0. The number of carbonyl (C=O) groups excluding carboxylic acids is 3. The SMILES string of the molecule is O=C1OCCC=C[C@H]2OC34C=CCN(c5ccc(Cl)cc5)C(=O)[C@H]3N(CCCCCO)C(=O)[C@@H]4C12. The number of fused-ring (bicyclic) bond motifs is 2. The van der Waals surface area contributed by atoms with Gasteiger partial charge in [-0.05, 0) is 49.9 Å². The first-order valence-corrected chi connectivity index (χ1v) is 12.5. The van der Waals surface area contributed by atoms with Gasteiger partial charge in [0.25, 0.3) is 5.91 Å². The Kier molecular flexibility index (Phi) is 6.70. The van der Waals surface area contributed by atoms with Gasteiger partial charge >= 0.3 is 5.97 Å². The molecule has 35 heavy (non-hydrogen) atoms. The lowest BCUT2D eigenvalue weighted by Crippen LogP contribution is -2.55. The summed E-state index contributed by atoms with van der Waals surface area (Å²) >= 11 is 6.06. The van der Waals surface area contributed by atoms with Crippen LogP contribution in [0.3, 0.4) is 0 Å². The van der Waals surface area contributed by atoms with Gasteiger partial charge in [0.2, 0.25) is 5.91 Å². The highest BCUT2D eigenvalue weighted by molar-refractivity contribution is 6.30. The fraction of sp³-hybridized carbons (Fsp3) is 0.500. The van der Waals surface area contributed by atoms with Crippen molar-refractivity contribution in [2.75, 3.05) is 31.2 Å². The van der Waals surface area contributed by atoms with E-state index >= 15 is 0 Å². The zero-order valence-electron chi connectivity index (χ0n) is 19.3. The number of hydrogen-bond acceptors (Lipinski definition) is 6. The molecule has 1 aromatic rings. The highest BCUT2D eigenvalue weighted by Crippen LogP contribution is 2.53. The molecule has 8 nitrogen and oxygen atoms in total. The summed E-state index contributed by atoms with van der Waals surface area (Å²) in [5.74, 6) is -2.66. The van der Waals surface area contributed by atoms with Crippen LogP contribution in [0.5, 0.6) is 0 Å². The minimum atomic E-state index is -1.27. The van der Waals surface area contributed by atoms with Gasteiger partial charge in [-0.1, -0.05) is 35.9 Å². The van der Waals surface area contributed by atoms with Crippen molar-refractivity contribution >= 4 is 35.1 Å². The molecule has 4 aliphatic heterocycles. The predicted octanol–water partition coefficient (Wildman–Crippen LogP) is 2.49. The Morgan fingerprint density at radius 3 is 2.63 bits per heavy atom. The van der Waals surface area contributed by atoms with Gasteiger partial charge in [0.15, 0.2) is 0 Å². The van der Waals surface area contributed by atoms with Crippen molar-refractivity contribution in [2.45, 2.75) is 43.4 Å². The molecule has 4 heterocycles. The van der Waals surface area contributed by atoms with Crippen molar-refractivity contribution in [3.8, 4) is 0 Å². The predicted molar refractivity (Wildman–Crippen MR) is 129 cm³/mol. The van der Waals surface area contributed by atoms with Gasteiger partial charge < -0.3 is 24.4 Å². The molecule has 5 atom stereocenters. The molecule has 4 aliphatic rings. The number of rotatable bonds is 6. The zero-order valence-corrected chi connectivity index (χ0v) is 20.1. The van der Waals surface area contributed by atoms with Crippen LogP contribution in [0.25, 0.3) is 0 Å². The van der Waals surface area contributed by atoms with Gasteiger partial charge in [-0.2, -0.15) is 0 Å². The Bertz CT molecular complexity index is 1060. The number of aliphatic hydroxyl groups excluding tert-OH is 1. The molecule has 0 aliphatic carbocycles. The first kappa shape index (κ1) is 24.0. The number of carbonyl (C=O) groups is 3. The monoisotopic (exact) mass is 500 g/mol. The average molecular weight is 501 g/mol. The third kappa shape index (κ3) is 4.07. The van der Waals surface area contributed by atoms with Crippen molar-refractivity contribution in [3.05, 3.63) is 53.6 Å². The van der Waals surface area contributed by atoms with Crippen LogP contribution in [0.2, 0.25) is 5.02 Å². The molecular weight excluding hydrogens is 472 g/mol. The summed E-state index contributed by atoms with van der Waals surface area (Å²) in [5.41, 5.74) is -0.601. The van der Waals surface area contributed by atoms with E-state index in [1.165, 1.54) is 0 Å².